The number of unbranched alkanes of at least 4 members (excludes halogenated alkanes) is 1. The van der Waals surface area contributed by atoms with Gasteiger partial charge in [0, 0.05) is 32.4 Å². The number of aliphatic carboxylic acids is 1. The van der Waals surface area contributed by atoms with Gasteiger partial charge in [0.05, 0.1) is 16.3 Å². The number of carbonyl (C=O) groups is 1. The smallest absolute Gasteiger partial charge is 0.326 e. The molecule has 36 heavy (non-hydrogen) atoms. The Balaban J connectivity index is 1.29. The number of hydrogen-bond acceptors (Lipinski definition) is 8. The van der Waals surface area contributed by atoms with E-state index < -0.39 is 12.0 Å². The molecule has 1 aliphatic rings. The fourth-order valence-electron chi connectivity index (χ4n) is 4.53. The first-order chi connectivity index (χ1) is 17.5. The second-order valence-electron chi connectivity index (χ2n) is 9.46. The number of carboxylic acid groups (broad SMARTS) is 1. The molecule has 194 valence electrons. The molecule has 0 bridgehead atoms. The van der Waals surface area contributed by atoms with Gasteiger partial charge in [0.1, 0.15) is 11.9 Å². The molecule has 3 aromatic rings. The second-order valence-corrected chi connectivity index (χ2v) is 10.5. The summed E-state index contributed by atoms with van der Waals surface area (Å²) in [7, 11) is 1.72. The first-order valence-electron chi connectivity index (χ1n) is 12.8. The van der Waals surface area contributed by atoms with Gasteiger partial charge in [-0.05, 0) is 75.8 Å². The Morgan fingerprint density at radius 3 is 2.89 bits per heavy atom. The van der Waals surface area contributed by atoms with Gasteiger partial charge in [0.25, 0.3) is 0 Å². The topological polar surface area (TPSA) is 99.6 Å². The number of aryl methyl sites for hydroxylation is 2. The monoisotopic (exact) mass is 511 g/mol. The van der Waals surface area contributed by atoms with E-state index in [-0.39, 0.29) is 6.10 Å². The van der Waals surface area contributed by atoms with E-state index in [0.29, 0.717) is 18.1 Å². The van der Waals surface area contributed by atoms with Crippen LogP contribution in [0.4, 0.5) is 10.9 Å². The number of carboxylic acids is 1. The number of thiazole rings is 1. The number of hydrogen-bond donors (Lipinski definition) is 3. The second kappa shape index (κ2) is 13.0. The van der Waals surface area contributed by atoms with Gasteiger partial charge in [0.2, 0.25) is 0 Å². The lowest BCUT2D eigenvalue weighted by atomic mass is 10.1. The summed E-state index contributed by atoms with van der Waals surface area (Å²) in [4.78, 5) is 23.6. The number of nitrogens with one attached hydrogen (secondary N) is 2. The molecule has 2 atom stereocenters. The summed E-state index contributed by atoms with van der Waals surface area (Å²) in [6, 6.07) is 11.5. The van der Waals surface area contributed by atoms with Crippen LogP contribution in [0.25, 0.3) is 10.2 Å². The molecule has 0 spiro atoms. The minimum Gasteiger partial charge on any atom is -0.480 e. The van der Waals surface area contributed by atoms with Crippen LogP contribution in [0.15, 0.2) is 36.4 Å². The Hall–Kier alpha value is -2.75. The van der Waals surface area contributed by atoms with E-state index in [9.17, 15) is 9.90 Å². The van der Waals surface area contributed by atoms with Crippen molar-refractivity contribution in [2.45, 2.75) is 57.6 Å². The average molecular weight is 512 g/mol. The van der Waals surface area contributed by atoms with Crippen LogP contribution in [-0.4, -0.2) is 71.4 Å². The zero-order chi connectivity index (χ0) is 25.3. The van der Waals surface area contributed by atoms with Crippen molar-refractivity contribution >= 4 is 38.5 Å². The summed E-state index contributed by atoms with van der Waals surface area (Å²) in [6.45, 7) is 5.38. The summed E-state index contributed by atoms with van der Waals surface area (Å²) < 4.78 is 6.54. The van der Waals surface area contributed by atoms with Crippen LogP contribution < -0.4 is 10.6 Å². The summed E-state index contributed by atoms with van der Waals surface area (Å²) in [6.07, 6.45) is 5.84. The number of anilines is 2. The molecule has 2 aromatic heterocycles. The maximum atomic E-state index is 12.0. The van der Waals surface area contributed by atoms with Crippen molar-refractivity contribution in [1.29, 1.82) is 0 Å². The van der Waals surface area contributed by atoms with Crippen LogP contribution in [0.2, 0.25) is 0 Å². The Labute approximate surface area is 217 Å². The third-order valence-corrected chi connectivity index (χ3v) is 7.62. The molecular weight excluding hydrogens is 474 g/mol. The Morgan fingerprint density at radius 1 is 1.22 bits per heavy atom. The fourth-order valence-corrected chi connectivity index (χ4v) is 5.45. The summed E-state index contributed by atoms with van der Waals surface area (Å²) in [5.41, 5.74) is 3.33. The van der Waals surface area contributed by atoms with Gasteiger partial charge in [-0.1, -0.05) is 29.5 Å². The van der Waals surface area contributed by atoms with Crippen molar-refractivity contribution in [3.63, 3.8) is 0 Å². The molecule has 0 aliphatic carbocycles. The maximum absolute atomic E-state index is 12.0. The predicted molar refractivity (Wildman–Crippen MR) is 146 cm³/mol. The molecule has 1 aliphatic heterocycles. The van der Waals surface area contributed by atoms with Gasteiger partial charge >= 0.3 is 5.97 Å². The van der Waals surface area contributed by atoms with Crippen molar-refractivity contribution in [2.75, 3.05) is 43.9 Å². The van der Waals surface area contributed by atoms with Gasteiger partial charge in [-0.25, -0.2) is 14.8 Å². The highest BCUT2D eigenvalue weighted by Crippen LogP contribution is 2.26. The molecule has 0 saturated heterocycles. The van der Waals surface area contributed by atoms with Crippen LogP contribution in [0, 0.1) is 0 Å². The molecule has 4 rings (SSSR count). The van der Waals surface area contributed by atoms with Crippen LogP contribution in [0.5, 0.6) is 0 Å². The quantitative estimate of drug-likeness (QED) is 0.269. The molecule has 1 unspecified atom stereocenters. The Bertz CT molecular complexity index is 1100. The normalized spacial score (nSPS) is 14.9. The molecule has 3 heterocycles. The Kier molecular flexibility index (Phi) is 9.49. The van der Waals surface area contributed by atoms with Crippen molar-refractivity contribution in [1.82, 2.24) is 14.9 Å². The lowest BCUT2D eigenvalue weighted by Gasteiger charge is -2.26. The van der Waals surface area contributed by atoms with Gasteiger partial charge in [-0.2, -0.15) is 0 Å². The minimum absolute atomic E-state index is 0.0823. The number of nitrogens with zero attached hydrogens (tertiary/aromatic N) is 3. The van der Waals surface area contributed by atoms with Gasteiger partial charge < -0.3 is 25.4 Å². The number of benzene rings is 1. The number of aromatic nitrogens is 2. The fraction of sp³-hybridized carbons (Fsp3) is 0.519. The molecular formula is C27H37N5O3S. The molecule has 0 saturated carbocycles. The third kappa shape index (κ3) is 7.38. The number of pyridine rings is 1. The van der Waals surface area contributed by atoms with Crippen molar-refractivity contribution in [3.05, 3.63) is 47.7 Å². The summed E-state index contributed by atoms with van der Waals surface area (Å²) >= 11 is 1.49. The molecule has 1 aromatic carbocycles. The highest BCUT2D eigenvalue weighted by Gasteiger charge is 2.21. The van der Waals surface area contributed by atoms with Crippen LogP contribution in [0.1, 0.15) is 43.9 Å². The zero-order valence-corrected chi connectivity index (χ0v) is 22.0. The van der Waals surface area contributed by atoms with Gasteiger partial charge in [-0.15, -0.1) is 0 Å². The minimum atomic E-state index is -0.860. The number of methoxy groups -OCH3 is 1. The largest absolute Gasteiger partial charge is 0.480 e. The SMILES string of the molecule is CO[C@H](C)CN(CCCCc1ccc2c(n1)NCCC2)CCC(Nc1nc2ccccc2s1)C(=O)O. The van der Waals surface area contributed by atoms with E-state index in [2.05, 4.69) is 32.7 Å². The van der Waals surface area contributed by atoms with Crippen LogP contribution in [-0.2, 0) is 22.4 Å². The molecule has 8 nitrogen and oxygen atoms in total. The highest BCUT2D eigenvalue weighted by molar-refractivity contribution is 7.22. The van der Waals surface area contributed by atoms with E-state index in [1.807, 2.05) is 31.2 Å². The molecule has 0 fully saturated rings. The van der Waals surface area contributed by atoms with E-state index in [0.717, 1.165) is 67.0 Å². The summed E-state index contributed by atoms with van der Waals surface area (Å²) in [5, 5.41) is 17.0. The van der Waals surface area contributed by atoms with E-state index in [4.69, 9.17) is 9.72 Å². The zero-order valence-electron chi connectivity index (χ0n) is 21.2. The lowest BCUT2D eigenvalue weighted by molar-refractivity contribution is -0.138. The van der Waals surface area contributed by atoms with Gasteiger partial charge in [0.15, 0.2) is 5.13 Å². The first-order valence-corrected chi connectivity index (χ1v) is 13.7. The van der Waals surface area contributed by atoms with Crippen LogP contribution >= 0.6 is 11.3 Å². The number of rotatable bonds is 14. The molecule has 0 radical (unpaired) electrons. The number of fused-ring (bicyclic) bond motifs is 2. The van der Waals surface area contributed by atoms with E-state index >= 15 is 0 Å². The predicted octanol–water partition coefficient (Wildman–Crippen LogP) is 4.66. The highest BCUT2D eigenvalue weighted by atomic mass is 32.1. The van der Waals surface area contributed by atoms with Crippen molar-refractivity contribution < 1.29 is 14.6 Å². The number of para-hydroxylation sites is 1. The van der Waals surface area contributed by atoms with Gasteiger partial charge in [-0.3, -0.25) is 0 Å². The van der Waals surface area contributed by atoms with Crippen LogP contribution in [0.3, 0.4) is 0 Å². The average Bonchev–Trinajstić information content (AvgIpc) is 3.30. The standard InChI is InChI=1S/C27H37N5O3S/c1-19(35-2)18-32(16-6-5-9-21-13-12-20-8-7-15-28-25(20)29-21)17-14-23(26(33)34)31-27-30-22-10-3-4-11-24(22)36-27/h3-4,10-13,19,23H,5-9,14-18H2,1-2H3,(H,28,29)(H,30,31)(H,33,34)/t19-,23?/m1/s1. The molecule has 0 amide bonds. The maximum Gasteiger partial charge on any atom is 0.326 e. The van der Waals surface area contributed by atoms with Crippen molar-refractivity contribution in [2.24, 2.45) is 0 Å². The molecule has 3 N–H and O–H groups in total. The third-order valence-electron chi connectivity index (χ3n) is 6.65. The first kappa shape index (κ1) is 26.3. The molecule has 9 heteroatoms. The summed E-state index contributed by atoms with van der Waals surface area (Å²) in [5.74, 6) is 0.190. The van der Waals surface area contributed by atoms with E-state index in [1.54, 1.807) is 7.11 Å². The lowest BCUT2D eigenvalue weighted by Crippen LogP contribution is -2.38. The van der Waals surface area contributed by atoms with E-state index in [1.165, 1.54) is 23.3 Å². The van der Waals surface area contributed by atoms with Crippen molar-refractivity contribution in [3.8, 4) is 0 Å². The Morgan fingerprint density at radius 2 is 2.08 bits per heavy atom. The number of ether oxygens (including phenoxy) is 1.